The predicted octanol–water partition coefficient (Wildman–Crippen LogP) is 5.89. The van der Waals surface area contributed by atoms with Crippen LogP contribution in [0.3, 0.4) is 0 Å². The van der Waals surface area contributed by atoms with Gasteiger partial charge in [0, 0.05) is 0 Å². The third-order valence-electron chi connectivity index (χ3n) is 5.15. The van der Waals surface area contributed by atoms with E-state index in [1.165, 1.54) is 43.2 Å². The molecule has 2 aromatic rings. The van der Waals surface area contributed by atoms with Crippen LogP contribution in [0.15, 0.2) is 36.4 Å². The van der Waals surface area contributed by atoms with Crippen LogP contribution in [-0.2, 0) is 12.8 Å². The number of benzene rings is 2. The Morgan fingerprint density at radius 2 is 1.58 bits per heavy atom. The van der Waals surface area contributed by atoms with E-state index in [0.717, 1.165) is 42.7 Å². The number of hydrogen-bond acceptors (Lipinski definition) is 2. The first-order valence-corrected chi connectivity index (χ1v) is 9.81. The first-order chi connectivity index (χ1) is 12.7. The molecule has 0 bridgehead atoms. The second kappa shape index (κ2) is 8.88. The molecule has 3 heteroatoms. The first kappa shape index (κ1) is 18.5. The van der Waals surface area contributed by atoms with E-state index in [0.29, 0.717) is 5.56 Å². The molecule has 0 saturated heterocycles. The van der Waals surface area contributed by atoms with Crippen molar-refractivity contribution in [3.8, 4) is 16.9 Å². The van der Waals surface area contributed by atoms with Crippen molar-refractivity contribution in [2.24, 2.45) is 0 Å². The second-order valence-electron chi connectivity index (χ2n) is 7.11. The molecule has 0 spiro atoms. The summed E-state index contributed by atoms with van der Waals surface area (Å²) >= 11 is 0. The molecule has 0 aliphatic heterocycles. The Morgan fingerprint density at radius 1 is 0.923 bits per heavy atom. The standard InChI is InChI=1S/C23H28O3/c1-2-3-4-5-6-7-14-26-20-11-13-22-18(16-20)9-8-17-15-19(23(24)25)10-12-21(17)22/h10-13,15-16H,2-9,14H2,1H3,(H,24,25). The van der Waals surface area contributed by atoms with Gasteiger partial charge in [-0.05, 0) is 65.8 Å². The van der Waals surface area contributed by atoms with Crippen LogP contribution in [0.4, 0.5) is 0 Å². The van der Waals surface area contributed by atoms with E-state index in [1.807, 2.05) is 18.2 Å². The maximum Gasteiger partial charge on any atom is 0.335 e. The molecule has 0 atom stereocenters. The van der Waals surface area contributed by atoms with Gasteiger partial charge < -0.3 is 9.84 Å². The zero-order valence-electron chi connectivity index (χ0n) is 15.6. The minimum atomic E-state index is -0.864. The summed E-state index contributed by atoms with van der Waals surface area (Å²) in [6.45, 7) is 3.02. The maximum absolute atomic E-state index is 11.2. The predicted molar refractivity (Wildman–Crippen MR) is 105 cm³/mol. The third-order valence-corrected chi connectivity index (χ3v) is 5.15. The van der Waals surface area contributed by atoms with Gasteiger partial charge in [-0.2, -0.15) is 0 Å². The number of carboxylic acid groups (broad SMARTS) is 1. The molecule has 1 aliphatic rings. The van der Waals surface area contributed by atoms with Gasteiger partial charge in [-0.1, -0.05) is 51.2 Å². The van der Waals surface area contributed by atoms with Crippen LogP contribution < -0.4 is 4.74 Å². The quantitative estimate of drug-likeness (QED) is 0.572. The van der Waals surface area contributed by atoms with Crippen molar-refractivity contribution in [3.63, 3.8) is 0 Å². The smallest absolute Gasteiger partial charge is 0.335 e. The highest BCUT2D eigenvalue weighted by Crippen LogP contribution is 2.36. The molecule has 0 heterocycles. The van der Waals surface area contributed by atoms with E-state index in [-0.39, 0.29) is 0 Å². The van der Waals surface area contributed by atoms with Gasteiger partial charge in [-0.3, -0.25) is 0 Å². The topological polar surface area (TPSA) is 46.5 Å². The molecule has 26 heavy (non-hydrogen) atoms. The van der Waals surface area contributed by atoms with Crippen molar-refractivity contribution in [2.45, 2.75) is 58.3 Å². The number of carboxylic acids is 1. The molecule has 2 aromatic carbocycles. The monoisotopic (exact) mass is 352 g/mol. The molecule has 3 rings (SSSR count). The van der Waals surface area contributed by atoms with Gasteiger partial charge >= 0.3 is 5.97 Å². The average Bonchev–Trinajstić information content (AvgIpc) is 2.66. The van der Waals surface area contributed by atoms with Gasteiger partial charge in [0.2, 0.25) is 0 Å². The largest absolute Gasteiger partial charge is 0.494 e. The molecule has 138 valence electrons. The number of fused-ring (bicyclic) bond motifs is 3. The molecule has 1 aliphatic carbocycles. The molecular weight excluding hydrogens is 324 g/mol. The molecular formula is C23H28O3. The van der Waals surface area contributed by atoms with Crippen LogP contribution in [0.1, 0.15) is 66.9 Å². The number of carbonyl (C=O) groups is 1. The number of hydrogen-bond donors (Lipinski definition) is 1. The molecule has 0 fully saturated rings. The Bertz CT molecular complexity index is 764. The van der Waals surface area contributed by atoms with Crippen molar-refractivity contribution in [2.75, 3.05) is 6.61 Å². The van der Waals surface area contributed by atoms with E-state index in [4.69, 9.17) is 9.84 Å². The summed E-state index contributed by atoms with van der Waals surface area (Å²) in [6.07, 6.45) is 9.41. The summed E-state index contributed by atoms with van der Waals surface area (Å²) in [4.78, 5) is 11.2. The fourth-order valence-electron chi connectivity index (χ4n) is 3.67. The fraction of sp³-hybridized carbons (Fsp3) is 0.435. The summed E-state index contributed by atoms with van der Waals surface area (Å²) < 4.78 is 5.94. The molecule has 1 N–H and O–H groups in total. The van der Waals surface area contributed by atoms with Crippen LogP contribution in [0, 0.1) is 0 Å². The van der Waals surface area contributed by atoms with Crippen molar-refractivity contribution < 1.29 is 14.6 Å². The van der Waals surface area contributed by atoms with E-state index >= 15 is 0 Å². The van der Waals surface area contributed by atoms with Crippen LogP contribution >= 0.6 is 0 Å². The summed E-state index contributed by atoms with van der Waals surface area (Å²) in [5.74, 6) is 0.0833. The minimum Gasteiger partial charge on any atom is -0.494 e. The Kier molecular flexibility index (Phi) is 6.32. The van der Waals surface area contributed by atoms with Crippen molar-refractivity contribution in [1.82, 2.24) is 0 Å². The van der Waals surface area contributed by atoms with Crippen LogP contribution in [0.25, 0.3) is 11.1 Å². The van der Waals surface area contributed by atoms with Gasteiger partial charge in [-0.15, -0.1) is 0 Å². The summed E-state index contributed by atoms with van der Waals surface area (Å²) in [5, 5.41) is 9.16. The lowest BCUT2D eigenvalue weighted by molar-refractivity contribution is 0.0697. The maximum atomic E-state index is 11.2. The Hall–Kier alpha value is -2.29. The normalized spacial score (nSPS) is 12.3. The Labute approximate surface area is 156 Å². The average molecular weight is 352 g/mol. The summed E-state index contributed by atoms with van der Waals surface area (Å²) in [5.41, 5.74) is 5.14. The highest BCUT2D eigenvalue weighted by Gasteiger charge is 2.18. The lowest BCUT2D eigenvalue weighted by Gasteiger charge is -2.21. The lowest BCUT2D eigenvalue weighted by atomic mass is 9.85. The SMILES string of the molecule is CCCCCCCCOc1ccc2c(c1)CCc1cc(C(=O)O)ccc1-2. The number of rotatable bonds is 9. The minimum absolute atomic E-state index is 0.367. The van der Waals surface area contributed by atoms with Crippen LogP contribution in [0.2, 0.25) is 0 Å². The van der Waals surface area contributed by atoms with Crippen LogP contribution in [-0.4, -0.2) is 17.7 Å². The van der Waals surface area contributed by atoms with E-state index in [9.17, 15) is 4.79 Å². The van der Waals surface area contributed by atoms with Crippen molar-refractivity contribution >= 4 is 5.97 Å². The highest BCUT2D eigenvalue weighted by molar-refractivity contribution is 5.89. The Morgan fingerprint density at radius 3 is 2.31 bits per heavy atom. The van der Waals surface area contributed by atoms with Gasteiger partial charge in [0.15, 0.2) is 0 Å². The zero-order valence-corrected chi connectivity index (χ0v) is 15.6. The van der Waals surface area contributed by atoms with E-state index in [2.05, 4.69) is 19.1 Å². The van der Waals surface area contributed by atoms with Gasteiger partial charge in [0.05, 0.1) is 12.2 Å². The molecule has 0 saturated carbocycles. The number of aryl methyl sites for hydroxylation is 2. The summed E-state index contributed by atoms with van der Waals surface area (Å²) in [7, 11) is 0. The first-order valence-electron chi connectivity index (χ1n) is 9.81. The lowest BCUT2D eigenvalue weighted by Crippen LogP contribution is -2.07. The van der Waals surface area contributed by atoms with Gasteiger partial charge in [0.1, 0.15) is 5.75 Å². The molecule has 0 unspecified atom stereocenters. The zero-order chi connectivity index (χ0) is 18.4. The summed E-state index contributed by atoms with van der Waals surface area (Å²) in [6, 6.07) is 11.7. The number of unbranched alkanes of at least 4 members (excludes halogenated alkanes) is 5. The van der Waals surface area contributed by atoms with Gasteiger partial charge in [0.25, 0.3) is 0 Å². The fourth-order valence-corrected chi connectivity index (χ4v) is 3.67. The number of ether oxygens (including phenoxy) is 1. The Balaban J connectivity index is 1.60. The van der Waals surface area contributed by atoms with E-state index in [1.54, 1.807) is 6.07 Å². The van der Waals surface area contributed by atoms with Crippen LogP contribution in [0.5, 0.6) is 5.75 Å². The second-order valence-corrected chi connectivity index (χ2v) is 7.11. The van der Waals surface area contributed by atoms with Gasteiger partial charge in [-0.25, -0.2) is 4.79 Å². The molecule has 0 aromatic heterocycles. The molecule has 0 radical (unpaired) electrons. The third kappa shape index (κ3) is 4.46. The van der Waals surface area contributed by atoms with E-state index < -0.39 is 5.97 Å². The highest BCUT2D eigenvalue weighted by atomic mass is 16.5. The van der Waals surface area contributed by atoms with Crippen molar-refractivity contribution in [3.05, 3.63) is 53.1 Å². The molecule has 0 amide bonds. The molecule has 3 nitrogen and oxygen atoms in total. The number of aromatic carboxylic acids is 1. The van der Waals surface area contributed by atoms with Crippen molar-refractivity contribution in [1.29, 1.82) is 0 Å².